The second-order valence-electron chi connectivity index (χ2n) is 13.3. The predicted octanol–water partition coefficient (Wildman–Crippen LogP) is 7.74. The van der Waals surface area contributed by atoms with E-state index >= 15 is 0 Å². The third-order valence-electron chi connectivity index (χ3n) is 11.8. The molecule has 34 heavy (non-hydrogen) atoms. The fourth-order valence-corrected chi connectivity index (χ4v) is 9.11. The highest BCUT2D eigenvalue weighted by Gasteiger charge is 2.67. The summed E-state index contributed by atoms with van der Waals surface area (Å²) in [5.74, 6) is 1.06. The van der Waals surface area contributed by atoms with E-state index in [1.54, 1.807) is 5.57 Å². The smallest absolute Gasteiger partial charge is 0.230 e. The van der Waals surface area contributed by atoms with Gasteiger partial charge in [-0.2, -0.15) is 0 Å². The van der Waals surface area contributed by atoms with Gasteiger partial charge >= 0.3 is 0 Å². The van der Waals surface area contributed by atoms with Crippen molar-refractivity contribution in [1.29, 1.82) is 0 Å². The van der Waals surface area contributed by atoms with Crippen LogP contribution in [0.3, 0.4) is 0 Å². The van der Waals surface area contributed by atoms with Gasteiger partial charge in [-0.05, 0) is 85.4 Å². The molecule has 7 atom stereocenters. The van der Waals surface area contributed by atoms with Crippen molar-refractivity contribution >= 4 is 11.7 Å². The Morgan fingerprint density at radius 1 is 1.03 bits per heavy atom. The van der Waals surface area contributed by atoms with Crippen molar-refractivity contribution < 1.29 is 9.59 Å². The van der Waals surface area contributed by atoms with Crippen LogP contribution >= 0.6 is 0 Å². The van der Waals surface area contributed by atoms with Crippen molar-refractivity contribution in [3.8, 4) is 0 Å². The normalized spacial score (nSPS) is 40.3. The standard InChI is InChI=1S/C31H53NO2/c1-11-20(5)23-15-16-25-29(8)19-22(27(34)32-21(12-2)13-3)26(33)28(6,7)24(29)17-18-31(25,10)30(23,9)14-4/h15,20-22,24-25H,11-14,16-19H2,1-10H3,(H,32,34). The quantitative estimate of drug-likeness (QED) is 0.305. The molecule has 0 heterocycles. The van der Waals surface area contributed by atoms with Crippen LogP contribution in [0.2, 0.25) is 0 Å². The molecule has 1 amide bonds. The van der Waals surface area contributed by atoms with E-state index in [-0.39, 0.29) is 34.0 Å². The molecule has 3 aliphatic rings. The summed E-state index contributed by atoms with van der Waals surface area (Å²) in [5, 5.41) is 3.23. The first-order valence-corrected chi connectivity index (χ1v) is 14.3. The Balaban J connectivity index is 2.07. The molecule has 0 bridgehead atoms. The Bertz CT molecular complexity index is 823. The lowest BCUT2D eigenvalue weighted by Gasteiger charge is -2.68. The van der Waals surface area contributed by atoms with Crippen LogP contribution in [0.5, 0.6) is 0 Å². The predicted molar refractivity (Wildman–Crippen MR) is 142 cm³/mol. The average molecular weight is 472 g/mol. The lowest BCUT2D eigenvalue weighted by Crippen LogP contribution is -2.65. The van der Waals surface area contributed by atoms with Gasteiger partial charge in [0.1, 0.15) is 0 Å². The van der Waals surface area contributed by atoms with Gasteiger partial charge in [-0.25, -0.2) is 0 Å². The molecule has 194 valence electrons. The minimum atomic E-state index is -0.521. The first-order chi connectivity index (χ1) is 15.8. The second kappa shape index (κ2) is 9.40. The summed E-state index contributed by atoms with van der Waals surface area (Å²) in [7, 11) is 0. The Hall–Kier alpha value is -1.12. The lowest BCUT2D eigenvalue weighted by molar-refractivity contribution is -0.186. The fraction of sp³-hybridized carbons (Fsp3) is 0.871. The highest BCUT2D eigenvalue weighted by atomic mass is 16.2. The number of fused-ring (bicyclic) bond motifs is 3. The first kappa shape index (κ1) is 27.5. The van der Waals surface area contributed by atoms with Gasteiger partial charge in [-0.3, -0.25) is 9.59 Å². The van der Waals surface area contributed by atoms with Crippen LogP contribution in [0.1, 0.15) is 121 Å². The minimum Gasteiger partial charge on any atom is -0.353 e. The van der Waals surface area contributed by atoms with E-state index in [1.165, 1.54) is 12.8 Å². The molecule has 3 aliphatic carbocycles. The summed E-state index contributed by atoms with van der Waals surface area (Å²) < 4.78 is 0. The number of hydrogen-bond acceptors (Lipinski definition) is 2. The minimum absolute atomic E-state index is 0.0196. The van der Waals surface area contributed by atoms with E-state index in [0.29, 0.717) is 24.2 Å². The van der Waals surface area contributed by atoms with Crippen LogP contribution in [0.25, 0.3) is 0 Å². The van der Waals surface area contributed by atoms with Crippen molar-refractivity contribution in [3.05, 3.63) is 11.6 Å². The number of rotatable bonds is 7. The van der Waals surface area contributed by atoms with Crippen molar-refractivity contribution in [2.45, 2.75) is 127 Å². The maximum Gasteiger partial charge on any atom is 0.230 e. The maximum atomic E-state index is 13.8. The summed E-state index contributed by atoms with van der Waals surface area (Å²) >= 11 is 0. The Kier molecular flexibility index (Phi) is 7.59. The van der Waals surface area contributed by atoms with E-state index in [1.807, 2.05) is 0 Å². The molecule has 3 nitrogen and oxygen atoms in total. The molecule has 0 aromatic rings. The molecule has 0 aliphatic heterocycles. The largest absolute Gasteiger partial charge is 0.353 e. The average Bonchev–Trinajstić information content (AvgIpc) is 2.80. The van der Waals surface area contributed by atoms with Crippen molar-refractivity contribution in [2.24, 2.45) is 45.3 Å². The summed E-state index contributed by atoms with van der Waals surface area (Å²) in [6.45, 7) is 23.1. The van der Waals surface area contributed by atoms with Crippen molar-refractivity contribution in [2.75, 3.05) is 0 Å². The summed E-state index contributed by atoms with van der Waals surface area (Å²) in [5.41, 5.74) is 1.53. The van der Waals surface area contributed by atoms with Gasteiger partial charge in [-0.1, -0.05) is 80.9 Å². The lowest BCUT2D eigenvalue weighted by atomic mass is 9.35. The number of hydrogen-bond donors (Lipinski definition) is 1. The molecule has 0 aromatic heterocycles. The molecule has 0 spiro atoms. The third kappa shape index (κ3) is 3.83. The van der Waals surface area contributed by atoms with Crippen LogP contribution in [-0.4, -0.2) is 17.7 Å². The van der Waals surface area contributed by atoms with Gasteiger partial charge in [0.05, 0.1) is 5.92 Å². The molecule has 0 aromatic carbocycles. The SMILES string of the molecule is CCC(CC)NC(=O)C1CC2(C)C(CCC3(C)C2CC=C(C(C)CC)C3(C)CC)C(C)(C)C1=O. The molecule has 2 saturated carbocycles. The number of nitrogens with one attached hydrogen (secondary N) is 1. The molecule has 1 N–H and O–H groups in total. The van der Waals surface area contributed by atoms with Gasteiger partial charge < -0.3 is 5.32 Å². The zero-order valence-corrected chi connectivity index (χ0v) is 23.9. The molecule has 2 fully saturated rings. The van der Waals surface area contributed by atoms with Gasteiger partial charge in [-0.15, -0.1) is 0 Å². The van der Waals surface area contributed by atoms with Crippen LogP contribution in [-0.2, 0) is 9.59 Å². The number of allylic oxidation sites excluding steroid dienone is 2. The number of carbonyl (C=O) groups is 2. The summed E-state index contributed by atoms with van der Waals surface area (Å²) in [4.78, 5) is 27.3. The van der Waals surface area contributed by atoms with E-state index in [9.17, 15) is 9.59 Å². The van der Waals surface area contributed by atoms with Crippen LogP contribution in [0, 0.1) is 45.3 Å². The summed E-state index contributed by atoms with van der Waals surface area (Å²) in [6.07, 6.45) is 10.8. The van der Waals surface area contributed by atoms with E-state index in [4.69, 9.17) is 0 Å². The Morgan fingerprint density at radius 2 is 1.65 bits per heavy atom. The van der Waals surface area contributed by atoms with E-state index < -0.39 is 11.3 Å². The first-order valence-electron chi connectivity index (χ1n) is 14.3. The number of ketones is 1. The van der Waals surface area contributed by atoms with Gasteiger partial charge in [0.25, 0.3) is 0 Å². The monoisotopic (exact) mass is 471 g/mol. The molecule has 3 rings (SSSR count). The van der Waals surface area contributed by atoms with Gasteiger partial charge in [0.15, 0.2) is 5.78 Å². The van der Waals surface area contributed by atoms with E-state index in [0.717, 1.165) is 32.1 Å². The highest BCUT2D eigenvalue weighted by molar-refractivity contribution is 6.04. The Labute approximate surface area is 210 Å². The molecular weight excluding hydrogens is 418 g/mol. The molecule has 7 unspecified atom stereocenters. The molecule has 3 heteroatoms. The number of Topliss-reactive ketones (excluding diaryl/α,β-unsaturated/α-hetero) is 1. The van der Waals surface area contributed by atoms with Crippen LogP contribution in [0.15, 0.2) is 11.6 Å². The molecule has 0 radical (unpaired) electrons. The zero-order valence-electron chi connectivity index (χ0n) is 23.9. The Morgan fingerprint density at radius 3 is 2.18 bits per heavy atom. The van der Waals surface area contributed by atoms with Gasteiger partial charge in [0, 0.05) is 11.5 Å². The van der Waals surface area contributed by atoms with E-state index in [2.05, 4.69) is 80.6 Å². The topological polar surface area (TPSA) is 46.2 Å². The number of amides is 1. The summed E-state index contributed by atoms with van der Waals surface area (Å²) in [6, 6.07) is 0.157. The molecular formula is C31H53NO2. The number of carbonyl (C=O) groups excluding carboxylic acids is 2. The highest BCUT2D eigenvalue weighted by Crippen LogP contribution is 2.72. The van der Waals surface area contributed by atoms with Gasteiger partial charge in [0.2, 0.25) is 5.91 Å². The second-order valence-corrected chi connectivity index (χ2v) is 13.3. The van der Waals surface area contributed by atoms with Crippen molar-refractivity contribution in [1.82, 2.24) is 5.32 Å². The van der Waals surface area contributed by atoms with Crippen LogP contribution in [0.4, 0.5) is 0 Å². The van der Waals surface area contributed by atoms with Crippen molar-refractivity contribution in [3.63, 3.8) is 0 Å². The maximum absolute atomic E-state index is 13.8. The fourth-order valence-electron chi connectivity index (χ4n) is 9.11. The third-order valence-corrected chi connectivity index (χ3v) is 11.8. The molecule has 0 saturated heterocycles. The zero-order chi connectivity index (χ0) is 25.7. The van der Waals surface area contributed by atoms with Crippen LogP contribution < -0.4 is 5.32 Å².